The summed E-state index contributed by atoms with van der Waals surface area (Å²) in [5, 5.41) is 5.24. The van der Waals surface area contributed by atoms with Crippen LogP contribution in [0.1, 0.15) is 13.3 Å². The van der Waals surface area contributed by atoms with E-state index in [1.807, 2.05) is 24.3 Å². The monoisotopic (exact) mass is 358 g/mol. The van der Waals surface area contributed by atoms with Crippen LogP contribution in [0.3, 0.4) is 0 Å². The van der Waals surface area contributed by atoms with Crippen molar-refractivity contribution in [2.45, 2.75) is 13.3 Å². The van der Waals surface area contributed by atoms with Gasteiger partial charge in [-0.1, -0.05) is 12.1 Å². The Labute approximate surface area is 152 Å². The van der Waals surface area contributed by atoms with Crippen LogP contribution in [-0.2, 0) is 9.53 Å². The van der Waals surface area contributed by atoms with E-state index < -0.39 is 6.09 Å². The third-order valence-corrected chi connectivity index (χ3v) is 3.33. The first kappa shape index (κ1) is 19.1. The molecule has 138 valence electrons. The zero-order chi connectivity index (χ0) is 18.8. The molecule has 0 unspecified atom stereocenters. The molecule has 2 N–H and O–H groups in total. The van der Waals surface area contributed by atoms with Crippen LogP contribution < -0.4 is 20.1 Å². The van der Waals surface area contributed by atoms with Gasteiger partial charge >= 0.3 is 6.09 Å². The van der Waals surface area contributed by atoms with Crippen LogP contribution in [0.15, 0.2) is 48.5 Å². The Kier molecular flexibility index (Phi) is 7.30. The lowest BCUT2D eigenvalue weighted by molar-refractivity contribution is -0.116. The molecule has 0 aliphatic rings. The highest BCUT2D eigenvalue weighted by molar-refractivity contribution is 5.91. The lowest BCUT2D eigenvalue weighted by atomic mass is 10.2. The van der Waals surface area contributed by atoms with Crippen LogP contribution in [0, 0.1) is 0 Å². The first-order chi connectivity index (χ1) is 12.6. The van der Waals surface area contributed by atoms with Gasteiger partial charge in [-0.3, -0.25) is 4.79 Å². The Balaban J connectivity index is 1.83. The van der Waals surface area contributed by atoms with Crippen molar-refractivity contribution in [2.75, 3.05) is 25.6 Å². The number of benzene rings is 2. The van der Waals surface area contributed by atoms with Crippen LogP contribution in [-0.4, -0.2) is 32.3 Å². The van der Waals surface area contributed by atoms with Crippen molar-refractivity contribution in [3.8, 4) is 17.2 Å². The van der Waals surface area contributed by atoms with E-state index >= 15 is 0 Å². The highest BCUT2D eigenvalue weighted by atomic mass is 16.5. The van der Waals surface area contributed by atoms with Gasteiger partial charge in [0.05, 0.1) is 13.7 Å². The minimum Gasteiger partial charge on any atom is -0.493 e. The van der Waals surface area contributed by atoms with Crippen molar-refractivity contribution < 1.29 is 23.8 Å². The lowest BCUT2D eigenvalue weighted by Crippen LogP contribution is -2.28. The molecule has 26 heavy (non-hydrogen) atoms. The van der Waals surface area contributed by atoms with Gasteiger partial charge in [0.2, 0.25) is 5.91 Å². The van der Waals surface area contributed by atoms with Gasteiger partial charge in [-0.25, -0.2) is 4.79 Å². The second-order valence-electron chi connectivity index (χ2n) is 5.22. The number of alkyl carbamates (subject to hydrolysis) is 1. The third-order valence-electron chi connectivity index (χ3n) is 3.33. The van der Waals surface area contributed by atoms with Gasteiger partial charge in [-0.2, -0.15) is 0 Å². The van der Waals surface area contributed by atoms with Crippen LogP contribution in [0.2, 0.25) is 0 Å². The smallest absolute Gasteiger partial charge is 0.407 e. The summed E-state index contributed by atoms with van der Waals surface area (Å²) in [5.41, 5.74) is 0.638. The fourth-order valence-corrected chi connectivity index (χ4v) is 2.12. The van der Waals surface area contributed by atoms with E-state index in [4.69, 9.17) is 14.2 Å². The van der Waals surface area contributed by atoms with Crippen LogP contribution in [0.25, 0.3) is 0 Å². The number of hydrogen-bond donors (Lipinski definition) is 2. The highest BCUT2D eigenvalue weighted by Gasteiger charge is 2.07. The van der Waals surface area contributed by atoms with Gasteiger partial charge in [0.25, 0.3) is 0 Å². The number of para-hydroxylation sites is 2. The van der Waals surface area contributed by atoms with Crippen LogP contribution in [0.5, 0.6) is 17.2 Å². The number of amides is 2. The van der Waals surface area contributed by atoms with E-state index in [1.165, 1.54) is 0 Å². The Hall–Kier alpha value is -3.22. The van der Waals surface area contributed by atoms with Gasteiger partial charge in [0.15, 0.2) is 11.5 Å². The van der Waals surface area contributed by atoms with Crippen molar-refractivity contribution >= 4 is 17.7 Å². The molecule has 2 rings (SSSR count). The van der Waals surface area contributed by atoms with E-state index in [9.17, 15) is 9.59 Å². The maximum Gasteiger partial charge on any atom is 0.407 e. The number of rotatable bonds is 8. The lowest BCUT2D eigenvalue weighted by Gasteiger charge is -2.11. The van der Waals surface area contributed by atoms with E-state index in [1.54, 1.807) is 38.3 Å². The van der Waals surface area contributed by atoms with Gasteiger partial charge in [0, 0.05) is 18.7 Å². The molecular formula is C19H22N2O5. The predicted molar refractivity (Wildman–Crippen MR) is 97.8 cm³/mol. The summed E-state index contributed by atoms with van der Waals surface area (Å²) >= 11 is 0. The molecule has 7 heteroatoms. The summed E-state index contributed by atoms with van der Waals surface area (Å²) in [6.07, 6.45) is -0.378. The summed E-state index contributed by atoms with van der Waals surface area (Å²) < 4.78 is 15.7. The SMILES string of the molecule is CCOC(=O)NCCC(=O)Nc1ccc(Oc2ccccc2OC)cc1. The molecule has 0 saturated carbocycles. The van der Waals surface area contributed by atoms with E-state index in [2.05, 4.69) is 10.6 Å². The fraction of sp³-hybridized carbons (Fsp3) is 0.263. The fourth-order valence-electron chi connectivity index (χ4n) is 2.12. The summed E-state index contributed by atoms with van der Waals surface area (Å²) in [4.78, 5) is 23.0. The van der Waals surface area contributed by atoms with Crippen molar-refractivity contribution in [3.63, 3.8) is 0 Å². The zero-order valence-electron chi connectivity index (χ0n) is 14.8. The highest BCUT2D eigenvalue weighted by Crippen LogP contribution is 2.31. The van der Waals surface area contributed by atoms with E-state index in [0.717, 1.165) is 0 Å². The quantitative estimate of drug-likeness (QED) is 0.753. The summed E-state index contributed by atoms with van der Waals surface area (Å²) in [5.74, 6) is 1.66. The van der Waals surface area contributed by atoms with Crippen molar-refractivity contribution in [1.29, 1.82) is 0 Å². The third kappa shape index (κ3) is 6.01. The molecule has 2 aromatic rings. The number of nitrogens with one attached hydrogen (secondary N) is 2. The average Bonchev–Trinajstić information content (AvgIpc) is 2.64. The number of anilines is 1. The molecule has 0 heterocycles. The maximum atomic E-state index is 11.9. The molecule has 0 atom stereocenters. The van der Waals surface area contributed by atoms with E-state index in [-0.39, 0.29) is 18.9 Å². The Morgan fingerprint density at radius 3 is 2.35 bits per heavy atom. The molecule has 0 fully saturated rings. The van der Waals surface area contributed by atoms with Gasteiger partial charge < -0.3 is 24.8 Å². The topological polar surface area (TPSA) is 85.9 Å². The molecule has 0 saturated heterocycles. The number of carbonyl (C=O) groups excluding carboxylic acids is 2. The standard InChI is InChI=1S/C19H22N2O5/c1-3-25-19(23)20-13-12-18(22)21-14-8-10-15(11-9-14)26-17-7-5-4-6-16(17)24-2/h4-11H,3,12-13H2,1-2H3,(H,20,23)(H,21,22). The normalized spacial score (nSPS) is 9.92. The number of ether oxygens (including phenoxy) is 3. The number of carbonyl (C=O) groups is 2. The van der Waals surface area contributed by atoms with Gasteiger partial charge in [-0.15, -0.1) is 0 Å². The molecule has 0 aromatic heterocycles. The molecular weight excluding hydrogens is 336 g/mol. The van der Waals surface area contributed by atoms with Gasteiger partial charge in [-0.05, 0) is 43.3 Å². The van der Waals surface area contributed by atoms with Crippen molar-refractivity contribution in [2.24, 2.45) is 0 Å². The summed E-state index contributed by atoms with van der Waals surface area (Å²) in [6, 6.07) is 14.3. The number of methoxy groups -OCH3 is 1. The molecule has 0 aliphatic carbocycles. The minimum atomic E-state index is -0.529. The van der Waals surface area contributed by atoms with Crippen molar-refractivity contribution in [1.82, 2.24) is 5.32 Å². The van der Waals surface area contributed by atoms with Crippen LogP contribution in [0.4, 0.5) is 10.5 Å². The molecule has 2 amide bonds. The Morgan fingerprint density at radius 1 is 1.00 bits per heavy atom. The number of hydrogen-bond acceptors (Lipinski definition) is 5. The molecule has 7 nitrogen and oxygen atoms in total. The van der Waals surface area contributed by atoms with Crippen LogP contribution >= 0.6 is 0 Å². The molecule has 0 bridgehead atoms. The first-order valence-electron chi connectivity index (χ1n) is 8.23. The maximum absolute atomic E-state index is 11.9. The first-order valence-corrected chi connectivity index (χ1v) is 8.23. The van der Waals surface area contributed by atoms with E-state index in [0.29, 0.717) is 29.5 Å². The molecule has 2 aromatic carbocycles. The predicted octanol–water partition coefficient (Wildman–Crippen LogP) is 3.56. The minimum absolute atomic E-state index is 0.151. The molecule has 0 aliphatic heterocycles. The van der Waals surface area contributed by atoms with Gasteiger partial charge in [0.1, 0.15) is 5.75 Å². The Bertz CT molecular complexity index is 731. The summed E-state index contributed by atoms with van der Waals surface area (Å²) in [7, 11) is 1.58. The second-order valence-corrected chi connectivity index (χ2v) is 5.22. The largest absolute Gasteiger partial charge is 0.493 e. The Morgan fingerprint density at radius 2 is 1.69 bits per heavy atom. The summed E-state index contributed by atoms with van der Waals surface area (Å²) in [6.45, 7) is 2.22. The average molecular weight is 358 g/mol. The zero-order valence-corrected chi connectivity index (χ0v) is 14.8. The molecule has 0 spiro atoms. The second kappa shape index (κ2) is 9.93. The van der Waals surface area contributed by atoms with Crippen molar-refractivity contribution in [3.05, 3.63) is 48.5 Å². The molecule has 0 radical (unpaired) electrons.